The van der Waals surface area contributed by atoms with Crippen LogP contribution in [0.5, 0.6) is 17.4 Å². The highest BCUT2D eigenvalue weighted by molar-refractivity contribution is 6.08. The lowest BCUT2D eigenvalue weighted by molar-refractivity contribution is -0.134. The van der Waals surface area contributed by atoms with Gasteiger partial charge in [-0.3, -0.25) is 4.79 Å². The second-order valence-corrected chi connectivity index (χ2v) is 7.67. The minimum atomic E-state index is -1.26. The molecule has 1 heterocycles. The van der Waals surface area contributed by atoms with E-state index in [0.29, 0.717) is 35.8 Å². The Morgan fingerprint density at radius 3 is 2.08 bits per heavy atom. The molecule has 0 saturated carbocycles. The van der Waals surface area contributed by atoms with Crippen molar-refractivity contribution in [1.82, 2.24) is 9.88 Å². The number of aliphatic carboxylic acids is 2. The van der Waals surface area contributed by atoms with E-state index in [4.69, 9.17) is 19.7 Å². The first-order valence-electron chi connectivity index (χ1n) is 11.2. The van der Waals surface area contributed by atoms with Gasteiger partial charge >= 0.3 is 11.9 Å². The van der Waals surface area contributed by atoms with Crippen molar-refractivity contribution in [3.05, 3.63) is 102 Å². The highest BCUT2D eigenvalue weighted by Gasteiger charge is 2.14. The molecule has 3 rings (SSSR count). The third kappa shape index (κ3) is 11.0. The summed E-state index contributed by atoms with van der Waals surface area (Å²) in [6, 6.07) is 20.5. The second-order valence-electron chi connectivity index (χ2n) is 7.67. The van der Waals surface area contributed by atoms with E-state index < -0.39 is 11.9 Å². The summed E-state index contributed by atoms with van der Waals surface area (Å²) in [6.07, 6.45) is 6.02. The smallest absolute Gasteiger partial charge is 0.328 e. The summed E-state index contributed by atoms with van der Waals surface area (Å²) in [4.78, 5) is 38.1. The van der Waals surface area contributed by atoms with Crippen molar-refractivity contribution < 1.29 is 34.1 Å². The van der Waals surface area contributed by atoms with Crippen LogP contribution >= 0.6 is 0 Å². The molecule has 0 aliphatic carbocycles. The molecule has 9 heteroatoms. The van der Waals surface area contributed by atoms with Crippen molar-refractivity contribution in [2.45, 2.75) is 0 Å². The van der Waals surface area contributed by atoms with E-state index in [0.717, 1.165) is 12.1 Å². The van der Waals surface area contributed by atoms with Gasteiger partial charge in [-0.15, -0.1) is 0 Å². The van der Waals surface area contributed by atoms with Crippen LogP contribution in [-0.2, 0) is 9.59 Å². The fourth-order valence-electron chi connectivity index (χ4n) is 2.72. The number of aromatic nitrogens is 1. The average Bonchev–Trinajstić information content (AvgIpc) is 2.88. The first-order valence-corrected chi connectivity index (χ1v) is 11.2. The number of hydrogen-bond donors (Lipinski definition) is 2. The Morgan fingerprint density at radius 2 is 1.46 bits per heavy atom. The molecular weight excluding hydrogens is 476 g/mol. The van der Waals surface area contributed by atoms with Gasteiger partial charge in [0, 0.05) is 24.9 Å². The monoisotopic (exact) mass is 504 g/mol. The number of likely N-dealkylation sites (N-methyl/N-ethyl adjacent to an activating group) is 1. The number of hydrogen-bond acceptors (Lipinski definition) is 7. The Kier molecular flexibility index (Phi) is 11.8. The molecule has 9 nitrogen and oxygen atoms in total. The first-order chi connectivity index (χ1) is 17.8. The molecule has 0 bridgehead atoms. The van der Waals surface area contributed by atoms with Crippen LogP contribution in [-0.4, -0.2) is 65.1 Å². The number of rotatable bonds is 11. The summed E-state index contributed by atoms with van der Waals surface area (Å²) in [5, 5.41) is 15.6. The third-order valence-corrected chi connectivity index (χ3v) is 4.48. The lowest BCUT2D eigenvalue weighted by Gasteiger charge is -2.14. The number of nitrogens with zero attached hydrogens (tertiary/aromatic N) is 2. The zero-order chi connectivity index (χ0) is 27.0. The van der Waals surface area contributed by atoms with Gasteiger partial charge in [0.2, 0.25) is 5.88 Å². The molecule has 0 aliphatic rings. The van der Waals surface area contributed by atoms with E-state index >= 15 is 0 Å². The number of ketones is 1. The Hall–Kier alpha value is -4.76. The first kappa shape index (κ1) is 28.5. The summed E-state index contributed by atoms with van der Waals surface area (Å²) in [6.45, 7) is 1.31. The molecule has 0 saturated heterocycles. The number of carboxylic acid groups (broad SMARTS) is 2. The molecule has 2 aromatic carbocycles. The quantitative estimate of drug-likeness (QED) is 0.288. The van der Waals surface area contributed by atoms with Gasteiger partial charge in [0.05, 0.1) is 5.56 Å². The highest BCUT2D eigenvalue weighted by Crippen LogP contribution is 2.32. The van der Waals surface area contributed by atoms with Crippen LogP contribution in [0.15, 0.2) is 91.2 Å². The number of carbonyl (C=O) groups excluding carboxylic acids is 1. The number of benzene rings is 2. The molecule has 192 valence electrons. The zero-order valence-corrected chi connectivity index (χ0v) is 20.5. The van der Waals surface area contributed by atoms with Crippen molar-refractivity contribution in [3.8, 4) is 17.4 Å². The molecule has 0 spiro atoms. The van der Waals surface area contributed by atoms with Crippen LogP contribution in [0.3, 0.4) is 0 Å². The average molecular weight is 505 g/mol. The molecule has 0 radical (unpaired) electrons. The molecule has 1 aromatic heterocycles. The van der Waals surface area contributed by atoms with Gasteiger partial charge < -0.3 is 24.6 Å². The van der Waals surface area contributed by atoms with Crippen molar-refractivity contribution in [1.29, 1.82) is 0 Å². The maximum atomic E-state index is 12.7. The van der Waals surface area contributed by atoms with Gasteiger partial charge in [0.1, 0.15) is 6.61 Å². The van der Waals surface area contributed by atoms with Gasteiger partial charge in [-0.25, -0.2) is 14.6 Å². The maximum absolute atomic E-state index is 12.7. The Balaban J connectivity index is 0.000000521. The van der Waals surface area contributed by atoms with Crippen molar-refractivity contribution >= 4 is 23.8 Å². The van der Waals surface area contributed by atoms with Gasteiger partial charge in [-0.2, -0.15) is 0 Å². The van der Waals surface area contributed by atoms with Crippen LogP contribution in [0.1, 0.15) is 15.9 Å². The minimum absolute atomic E-state index is 0.178. The van der Waals surface area contributed by atoms with Crippen molar-refractivity contribution in [2.24, 2.45) is 0 Å². The van der Waals surface area contributed by atoms with Gasteiger partial charge in [-0.05, 0) is 50.0 Å². The molecule has 37 heavy (non-hydrogen) atoms. The summed E-state index contributed by atoms with van der Waals surface area (Å²) >= 11 is 0. The lowest BCUT2D eigenvalue weighted by atomic mass is 10.1. The molecule has 0 fully saturated rings. The number of para-hydroxylation sites is 2. The summed E-state index contributed by atoms with van der Waals surface area (Å²) < 4.78 is 11.8. The van der Waals surface area contributed by atoms with E-state index in [9.17, 15) is 14.4 Å². The number of carboxylic acids is 2. The molecule has 2 N–H and O–H groups in total. The van der Waals surface area contributed by atoms with Crippen molar-refractivity contribution in [2.75, 3.05) is 27.2 Å². The molecule has 0 atom stereocenters. The second kappa shape index (κ2) is 15.3. The predicted molar refractivity (Wildman–Crippen MR) is 139 cm³/mol. The van der Waals surface area contributed by atoms with E-state index in [-0.39, 0.29) is 11.7 Å². The highest BCUT2D eigenvalue weighted by atomic mass is 16.5. The van der Waals surface area contributed by atoms with Crippen molar-refractivity contribution in [3.63, 3.8) is 0 Å². The Morgan fingerprint density at radius 1 is 0.838 bits per heavy atom. The van der Waals surface area contributed by atoms with E-state index in [1.165, 1.54) is 6.08 Å². The van der Waals surface area contributed by atoms with Crippen LogP contribution in [0, 0.1) is 0 Å². The van der Waals surface area contributed by atoms with Gasteiger partial charge in [-0.1, -0.05) is 48.5 Å². The number of pyridine rings is 1. The molecule has 0 unspecified atom stereocenters. The lowest BCUT2D eigenvalue weighted by Crippen LogP contribution is -2.19. The normalized spacial score (nSPS) is 10.7. The minimum Gasteiger partial charge on any atom is -0.488 e. The van der Waals surface area contributed by atoms with E-state index in [1.807, 2.05) is 67.5 Å². The van der Waals surface area contributed by atoms with Gasteiger partial charge in [0.15, 0.2) is 17.3 Å². The third-order valence-electron chi connectivity index (χ3n) is 4.48. The molecule has 3 aromatic rings. The zero-order valence-electron chi connectivity index (χ0n) is 20.5. The number of carbonyl (C=O) groups is 3. The standard InChI is InChI=1S/C24H24N2O3.C4H4O4/c1-26(2)17-18-28-22-12-6-7-13-23(22)29-24-20(11-8-16-25-24)21(27)15-14-19-9-4-3-5-10-19;5-3(6)1-2-4(7)8/h3-16H,17-18H2,1-2H3;1-2H,(H,5,6)(H,7,8)/b15-14+;2-1-. The van der Waals surface area contributed by atoms with Gasteiger partial charge in [0.25, 0.3) is 0 Å². The van der Waals surface area contributed by atoms with Crippen LogP contribution in [0.4, 0.5) is 0 Å². The Bertz CT molecular complexity index is 1220. The number of ether oxygens (including phenoxy) is 2. The fraction of sp³-hybridized carbons (Fsp3) is 0.143. The molecule has 0 amide bonds. The fourth-order valence-corrected chi connectivity index (χ4v) is 2.72. The van der Waals surface area contributed by atoms with E-state index in [2.05, 4.69) is 4.98 Å². The van der Waals surface area contributed by atoms with Crippen LogP contribution < -0.4 is 9.47 Å². The van der Waals surface area contributed by atoms with E-state index in [1.54, 1.807) is 30.5 Å². The summed E-state index contributed by atoms with van der Waals surface area (Å²) in [5.41, 5.74) is 1.34. The predicted octanol–water partition coefficient (Wildman–Crippen LogP) is 4.42. The Labute approximate surface area is 214 Å². The summed E-state index contributed by atoms with van der Waals surface area (Å²) in [5.74, 6) is -1.31. The number of allylic oxidation sites excluding steroid dienone is 1. The SMILES string of the molecule is CN(C)CCOc1ccccc1Oc1ncccc1C(=O)/C=C/c1ccccc1.O=C(O)/C=C\C(=O)O. The molecule has 0 aliphatic heterocycles. The van der Waals surface area contributed by atoms with Crippen LogP contribution in [0.25, 0.3) is 6.08 Å². The summed E-state index contributed by atoms with van der Waals surface area (Å²) in [7, 11) is 3.97. The van der Waals surface area contributed by atoms with Crippen LogP contribution in [0.2, 0.25) is 0 Å². The maximum Gasteiger partial charge on any atom is 0.328 e. The topological polar surface area (TPSA) is 126 Å². The largest absolute Gasteiger partial charge is 0.488 e. The molecular formula is C28H28N2O7.